The van der Waals surface area contributed by atoms with E-state index in [-0.39, 0.29) is 12.0 Å². The van der Waals surface area contributed by atoms with Crippen molar-refractivity contribution in [1.82, 2.24) is 4.90 Å². The van der Waals surface area contributed by atoms with E-state index in [1.165, 1.54) is 6.42 Å². The average Bonchev–Trinajstić information content (AvgIpc) is 2.43. The molecule has 1 N–H and O–H groups in total. The molecule has 0 aliphatic carbocycles. The van der Waals surface area contributed by atoms with Crippen LogP contribution in [0.1, 0.15) is 24.8 Å². The van der Waals surface area contributed by atoms with Crippen LogP contribution in [0.5, 0.6) is 0 Å². The van der Waals surface area contributed by atoms with Crippen molar-refractivity contribution in [2.45, 2.75) is 32.3 Å². The summed E-state index contributed by atoms with van der Waals surface area (Å²) in [6.45, 7) is 3.94. The van der Waals surface area contributed by atoms with Gasteiger partial charge in [-0.1, -0.05) is 11.6 Å². The molecule has 116 valence electrons. The maximum absolute atomic E-state index is 12.1. The lowest BCUT2D eigenvalue weighted by Crippen LogP contribution is -2.37. The SMILES string of the molecule is Cc1cc(Cl)ccc1NC(=O)CN(C)CC1CCCCO1. The fraction of sp³-hybridized carbons (Fsp3) is 0.562. The number of nitrogens with one attached hydrogen (secondary N) is 1. The van der Waals surface area contributed by atoms with Crippen molar-refractivity contribution in [3.05, 3.63) is 28.8 Å². The predicted molar refractivity (Wildman–Crippen MR) is 85.9 cm³/mol. The summed E-state index contributed by atoms with van der Waals surface area (Å²) in [6.07, 6.45) is 3.71. The van der Waals surface area contributed by atoms with Gasteiger partial charge >= 0.3 is 0 Å². The molecule has 1 atom stereocenters. The van der Waals surface area contributed by atoms with E-state index in [0.717, 1.165) is 37.2 Å². The molecule has 1 aromatic rings. The van der Waals surface area contributed by atoms with Crippen LogP contribution >= 0.6 is 11.6 Å². The monoisotopic (exact) mass is 310 g/mol. The summed E-state index contributed by atoms with van der Waals surface area (Å²) in [7, 11) is 1.95. The van der Waals surface area contributed by atoms with E-state index < -0.39 is 0 Å². The highest BCUT2D eigenvalue weighted by molar-refractivity contribution is 6.30. The van der Waals surface area contributed by atoms with E-state index in [2.05, 4.69) is 5.32 Å². The molecule has 0 saturated carbocycles. The smallest absolute Gasteiger partial charge is 0.238 e. The lowest BCUT2D eigenvalue weighted by molar-refractivity contribution is -0.117. The molecule has 0 radical (unpaired) electrons. The second-order valence-corrected chi connectivity index (χ2v) is 6.13. The highest BCUT2D eigenvalue weighted by Crippen LogP contribution is 2.19. The van der Waals surface area contributed by atoms with Gasteiger partial charge in [0, 0.05) is 23.9 Å². The fourth-order valence-electron chi connectivity index (χ4n) is 2.57. The first-order chi connectivity index (χ1) is 10.0. The zero-order chi connectivity index (χ0) is 15.2. The molecule has 5 heteroatoms. The van der Waals surface area contributed by atoms with Gasteiger partial charge in [0.25, 0.3) is 0 Å². The highest BCUT2D eigenvalue weighted by atomic mass is 35.5. The van der Waals surface area contributed by atoms with Gasteiger partial charge in [0.2, 0.25) is 5.91 Å². The zero-order valence-corrected chi connectivity index (χ0v) is 13.4. The molecule has 4 nitrogen and oxygen atoms in total. The predicted octanol–water partition coefficient (Wildman–Crippen LogP) is 3.09. The van der Waals surface area contributed by atoms with E-state index in [1.807, 2.05) is 31.0 Å². The van der Waals surface area contributed by atoms with Gasteiger partial charge in [-0.15, -0.1) is 0 Å². The van der Waals surface area contributed by atoms with Crippen LogP contribution in [0.15, 0.2) is 18.2 Å². The summed E-state index contributed by atoms with van der Waals surface area (Å²) in [6, 6.07) is 5.46. The van der Waals surface area contributed by atoms with Crippen LogP contribution in [-0.2, 0) is 9.53 Å². The van der Waals surface area contributed by atoms with Gasteiger partial charge in [-0.25, -0.2) is 0 Å². The number of carbonyl (C=O) groups is 1. The van der Waals surface area contributed by atoms with E-state index in [0.29, 0.717) is 11.6 Å². The number of likely N-dealkylation sites (N-methyl/N-ethyl adjacent to an activating group) is 1. The maximum atomic E-state index is 12.1. The normalized spacial score (nSPS) is 18.8. The van der Waals surface area contributed by atoms with Gasteiger partial charge in [-0.2, -0.15) is 0 Å². The third-order valence-corrected chi connectivity index (χ3v) is 3.90. The van der Waals surface area contributed by atoms with Gasteiger partial charge in [0.1, 0.15) is 0 Å². The Morgan fingerprint density at radius 2 is 2.29 bits per heavy atom. The minimum atomic E-state index is -0.0151. The molecule has 0 aromatic heterocycles. The molecule has 0 spiro atoms. The molecule has 1 fully saturated rings. The average molecular weight is 311 g/mol. The summed E-state index contributed by atoms with van der Waals surface area (Å²) in [5, 5.41) is 3.60. The van der Waals surface area contributed by atoms with Gasteiger partial charge in [0.05, 0.1) is 12.6 Å². The van der Waals surface area contributed by atoms with Crippen LogP contribution in [0.25, 0.3) is 0 Å². The van der Waals surface area contributed by atoms with E-state index in [9.17, 15) is 4.79 Å². The third-order valence-electron chi connectivity index (χ3n) is 3.67. The van der Waals surface area contributed by atoms with E-state index in [4.69, 9.17) is 16.3 Å². The summed E-state index contributed by atoms with van der Waals surface area (Å²) in [5.74, 6) is -0.0151. The van der Waals surface area contributed by atoms with Crippen molar-refractivity contribution in [3.63, 3.8) is 0 Å². The van der Waals surface area contributed by atoms with Gasteiger partial charge in [-0.05, 0) is 57.0 Å². The lowest BCUT2D eigenvalue weighted by Gasteiger charge is -2.27. The standard InChI is InChI=1S/C16H23ClN2O2/c1-12-9-13(17)6-7-15(12)18-16(20)11-19(2)10-14-5-3-4-8-21-14/h6-7,9,14H,3-5,8,10-11H2,1-2H3,(H,18,20). The lowest BCUT2D eigenvalue weighted by atomic mass is 10.1. The molecule has 2 rings (SSSR count). The van der Waals surface area contributed by atoms with Crippen LogP contribution in [0.4, 0.5) is 5.69 Å². The Balaban J connectivity index is 1.80. The number of benzene rings is 1. The van der Waals surface area contributed by atoms with E-state index >= 15 is 0 Å². The first-order valence-corrected chi connectivity index (χ1v) is 7.78. The molecule has 1 aliphatic heterocycles. The second-order valence-electron chi connectivity index (χ2n) is 5.69. The first kappa shape index (κ1) is 16.3. The van der Waals surface area contributed by atoms with Crippen molar-refractivity contribution in [1.29, 1.82) is 0 Å². The first-order valence-electron chi connectivity index (χ1n) is 7.41. The van der Waals surface area contributed by atoms with Crippen molar-refractivity contribution >= 4 is 23.2 Å². The maximum Gasteiger partial charge on any atom is 0.238 e. The Labute approximate surface area is 131 Å². The Bertz CT molecular complexity index is 487. The summed E-state index contributed by atoms with van der Waals surface area (Å²) >= 11 is 5.91. The minimum absolute atomic E-state index is 0.0151. The molecule has 0 bridgehead atoms. The minimum Gasteiger partial charge on any atom is -0.377 e. The topological polar surface area (TPSA) is 41.6 Å². The molecule has 1 heterocycles. The molecular weight excluding hydrogens is 288 g/mol. The summed E-state index contributed by atoms with van der Waals surface area (Å²) < 4.78 is 5.69. The number of aryl methyl sites for hydroxylation is 1. The molecule has 1 saturated heterocycles. The number of halogens is 1. The summed E-state index contributed by atoms with van der Waals surface area (Å²) in [5.41, 5.74) is 1.78. The quantitative estimate of drug-likeness (QED) is 0.908. The summed E-state index contributed by atoms with van der Waals surface area (Å²) in [4.78, 5) is 14.1. The van der Waals surface area contributed by atoms with Crippen LogP contribution in [0.3, 0.4) is 0 Å². The second kappa shape index (κ2) is 7.78. The molecular formula is C16H23ClN2O2. The number of amides is 1. The number of nitrogens with zero attached hydrogens (tertiary/aromatic N) is 1. The van der Waals surface area contributed by atoms with Crippen molar-refractivity contribution in [3.8, 4) is 0 Å². The fourth-order valence-corrected chi connectivity index (χ4v) is 2.79. The molecule has 1 unspecified atom stereocenters. The molecule has 1 aliphatic rings. The Hall–Kier alpha value is -1.10. The molecule has 21 heavy (non-hydrogen) atoms. The highest BCUT2D eigenvalue weighted by Gasteiger charge is 2.17. The Kier molecular flexibility index (Phi) is 6.03. The number of carbonyl (C=O) groups excluding carboxylic acids is 1. The third kappa shape index (κ3) is 5.30. The van der Waals surface area contributed by atoms with Crippen LogP contribution in [-0.4, -0.2) is 43.7 Å². The number of rotatable bonds is 5. The molecule has 1 amide bonds. The number of ether oxygens (including phenoxy) is 1. The van der Waals surface area contributed by atoms with Crippen LogP contribution < -0.4 is 5.32 Å². The van der Waals surface area contributed by atoms with E-state index in [1.54, 1.807) is 6.07 Å². The van der Waals surface area contributed by atoms with Crippen molar-refractivity contribution < 1.29 is 9.53 Å². The Morgan fingerprint density at radius 1 is 1.48 bits per heavy atom. The van der Waals surface area contributed by atoms with Gasteiger partial charge < -0.3 is 10.1 Å². The Morgan fingerprint density at radius 3 is 2.95 bits per heavy atom. The van der Waals surface area contributed by atoms with Crippen molar-refractivity contribution in [2.24, 2.45) is 0 Å². The zero-order valence-electron chi connectivity index (χ0n) is 12.7. The number of hydrogen-bond acceptors (Lipinski definition) is 3. The molecule has 1 aromatic carbocycles. The number of hydrogen-bond donors (Lipinski definition) is 1. The van der Waals surface area contributed by atoms with Crippen molar-refractivity contribution in [2.75, 3.05) is 32.1 Å². The van der Waals surface area contributed by atoms with Crippen LogP contribution in [0, 0.1) is 6.92 Å². The van der Waals surface area contributed by atoms with Crippen LogP contribution in [0.2, 0.25) is 5.02 Å². The largest absolute Gasteiger partial charge is 0.377 e. The number of anilines is 1. The van der Waals surface area contributed by atoms with Gasteiger partial charge in [-0.3, -0.25) is 9.69 Å². The van der Waals surface area contributed by atoms with Gasteiger partial charge in [0.15, 0.2) is 0 Å².